The van der Waals surface area contributed by atoms with Crippen molar-refractivity contribution in [2.75, 3.05) is 0 Å². The van der Waals surface area contributed by atoms with Gasteiger partial charge in [-0.05, 0) is 42.9 Å². The van der Waals surface area contributed by atoms with Crippen LogP contribution in [0, 0.1) is 0 Å². The van der Waals surface area contributed by atoms with Crippen LogP contribution in [0.15, 0.2) is 24.3 Å². The molecule has 0 unspecified atom stereocenters. The van der Waals surface area contributed by atoms with Crippen molar-refractivity contribution >= 4 is 0 Å². The zero-order valence-corrected chi connectivity index (χ0v) is 8.99. The van der Waals surface area contributed by atoms with E-state index in [1.165, 1.54) is 24.8 Å². The molecule has 1 heteroatoms. The van der Waals surface area contributed by atoms with Gasteiger partial charge in [0.05, 0.1) is 6.10 Å². The normalized spacial score (nSPS) is 17.9. The summed E-state index contributed by atoms with van der Waals surface area (Å²) < 4.78 is 5.76. The zero-order chi connectivity index (χ0) is 9.97. The summed E-state index contributed by atoms with van der Waals surface area (Å²) in [5.41, 5.74) is 1.39. The zero-order valence-electron chi connectivity index (χ0n) is 8.99. The lowest BCUT2D eigenvalue weighted by molar-refractivity contribution is 0.302. The van der Waals surface area contributed by atoms with Crippen LogP contribution in [-0.2, 0) is 0 Å². The first-order chi connectivity index (χ1) is 6.79. The second-order valence-electron chi connectivity index (χ2n) is 4.20. The summed E-state index contributed by atoms with van der Waals surface area (Å²) in [5, 5.41) is 0. The minimum absolute atomic E-state index is 0.502. The molecule has 0 bridgehead atoms. The van der Waals surface area contributed by atoms with Gasteiger partial charge in [-0.2, -0.15) is 0 Å². The number of hydrogen-bond acceptors (Lipinski definition) is 1. The average molecular weight is 190 g/mol. The van der Waals surface area contributed by atoms with Gasteiger partial charge < -0.3 is 4.74 Å². The van der Waals surface area contributed by atoms with E-state index in [-0.39, 0.29) is 0 Å². The van der Waals surface area contributed by atoms with Crippen molar-refractivity contribution in [1.82, 2.24) is 0 Å². The minimum atomic E-state index is 0.502. The lowest BCUT2D eigenvalue weighted by atomic mass is 9.99. The fourth-order valence-corrected chi connectivity index (χ4v) is 1.51. The van der Waals surface area contributed by atoms with Gasteiger partial charge in [-0.25, -0.2) is 0 Å². The Bertz CT molecular complexity index is 302. The Kier molecular flexibility index (Phi) is 2.76. The smallest absolute Gasteiger partial charge is 0.119 e. The Morgan fingerprint density at radius 1 is 1.43 bits per heavy atom. The van der Waals surface area contributed by atoms with E-state index < -0.39 is 0 Å². The predicted octanol–water partition coefficient (Wildman–Crippen LogP) is 3.74. The van der Waals surface area contributed by atoms with Crippen molar-refractivity contribution < 1.29 is 4.74 Å². The van der Waals surface area contributed by atoms with Crippen LogP contribution in [0.4, 0.5) is 0 Å². The lowest BCUT2D eigenvalue weighted by Gasteiger charge is -2.11. The van der Waals surface area contributed by atoms with E-state index in [0.29, 0.717) is 12.0 Å². The third-order valence-corrected chi connectivity index (χ3v) is 2.87. The summed E-state index contributed by atoms with van der Waals surface area (Å²) in [4.78, 5) is 0. The van der Waals surface area contributed by atoms with E-state index in [1.54, 1.807) is 0 Å². The molecule has 1 fully saturated rings. The van der Waals surface area contributed by atoms with Crippen LogP contribution in [0.5, 0.6) is 5.75 Å². The maximum atomic E-state index is 5.76. The van der Waals surface area contributed by atoms with Crippen molar-refractivity contribution in [1.29, 1.82) is 0 Å². The highest BCUT2D eigenvalue weighted by atomic mass is 16.5. The second kappa shape index (κ2) is 4.04. The SMILES string of the molecule is CC[C@@H](C)c1cccc(OC2CC2)c1. The van der Waals surface area contributed by atoms with E-state index >= 15 is 0 Å². The summed E-state index contributed by atoms with van der Waals surface area (Å²) in [6.45, 7) is 4.48. The van der Waals surface area contributed by atoms with E-state index in [1.807, 2.05) is 0 Å². The molecule has 0 heterocycles. The third kappa shape index (κ3) is 2.28. The molecule has 1 aromatic rings. The van der Waals surface area contributed by atoms with Crippen molar-refractivity contribution in [2.24, 2.45) is 0 Å². The Morgan fingerprint density at radius 3 is 2.86 bits per heavy atom. The van der Waals surface area contributed by atoms with Crippen LogP contribution in [0.1, 0.15) is 44.6 Å². The fourth-order valence-electron chi connectivity index (χ4n) is 1.51. The third-order valence-electron chi connectivity index (χ3n) is 2.87. The Morgan fingerprint density at radius 2 is 2.21 bits per heavy atom. The molecule has 0 amide bonds. The van der Waals surface area contributed by atoms with Crippen molar-refractivity contribution in [2.45, 2.75) is 45.1 Å². The molecule has 0 spiro atoms. The van der Waals surface area contributed by atoms with Gasteiger partial charge in [0, 0.05) is 0 Å². The summed E-state index contributed by atoms with van der Waals surface area (Å²) in [6.07, 6.45) is 4.15. The van der Waals surface area contributed by atoms with Crippen LogP contribution in [0.25, 0.3) is 0 Å². The molecule has 1 nitrogen and oxygen atoms in total. The minimum Gasteiger partial charge on any atom is -0.490 e. The Balaban J connectivity index is 2.08. The molecule has 76 valence electrons. The number of benzene rings is 1. The van der Waals surface area contributed by atoms with Crippen LogP contribution >= 0.6 is 0 Å². The van der Waals surface area contributed by atoms with Gasteiger partial charge in [-0.1, -0.05) is 26.0 Å². The maximum Gasteiger partial charge on any atom is 0.119 e. The van der Waals surface area contributed by atoms with E-state index in [2.05, 4.69) is 38.1 Å². The summed E-state index contributed by atoms with van der Waals surface area (Å²) in [6, 6.07) is 8.53. The van der Waals surface area contributed by atoms with E-state index in [9.17, 15) is 0 Å². The molecule has 0 aromatic heterocycles. The molecule has 14 heavy (non-hydrogen) atoms. The fraction of sp³-hybridized carbons (Fsp3) is 0.538. The number of rotatable bonds is 4. The summed E-state index contributed by atoms with van der Waals surface area (Å²) in [5.74, 6) is 1.68. The quantitative estimate of drug-likeness (QED) is 0.702. The summed E-state index contributed by atoms with van der Waals surface area (Å²) >= 11 is 0. The molecule has 0 N–H and O–H groups in total. The van der Waals surface area contributed by atoms with Crippen LogP contribution in [0.2, 0.25) is 0 Å². The largest absolute Gasteiger partial charge is 0.490 e. The number of ether oxygens (including phenoxy) is 1. The number of hydrogen-bond donors (Lipinski definition) is 0. The predicted molar refractivity (Wildman–Crippen MR) is 58.8 cm³/mol. The van der Waals surface area contributed by atoms with Crippen LogP contribution in [0.3, 0.4) is 0 Å². The van der Waals surface area contributed by atoms with Gasteiger partial charge in [-0.3, -0.25) is 0 Å². The molecule has 1 aliphatic rings. The monoisotopic (exact) mass is 190 g/mol. The molecule has 0 saturated heterocycles. The van der Waals surface area contributed by atoms with Gasteiger partial charge in [0.25, 0.3) is 0 Å². The standard InChI is InChI=1S/C13H18O/c1-3-10(2)11-5-4-6-13(9-11)14-12-7-8-12/h4-6,9-10,12H,3,7-8H2,1-2H3/t10-/m1/s1. The lowest BCUT2D eigenvalue weighted by Crippen LogP contribution is -1.97. The first-order valence-electron chi connectivity index (χ1n) is 5.56. The second-order valence-corrected chi connectivity index (χ2v) is 4.20. The van der Waals surface area contributed by atoms with Gasteiger partial charge in [0.1, 0.15) is 5.75 Å². The average Bonchev–Trinajstić information content (AvgIpc) is 3.01. The Labute approximate surface area is 86.1 Å². The maximum absolute atomic E-state index is 5.76. The molecule has 0 radical (unpaired) electrons. The molecule has 1 aliphatic carbocycles. The van der Waals surface area contributed by atoms with Gasteiger partial charge in [0.15, 0.2) is 0 Å². The molecule has 1 atom stereocenters. The van der Waals surface area contributed by atoms with E-state index in [4.69, 9.17) is 4.74 Å². The topological polar surface area (TPSA) is 9.23 Å². The van der Waals surface area contributed by atoms with Crippen LogP contribution < -0.4 is 4.74 Å². The van der Waals surface area contributed by atoms with Crippen molar-refractivity contribution in [3.05, 3.63) is 29.8 Å². The summed E-state index contributed by atoms with van der Waals surface area (Å²) in [7, 11) is 0. The first-order valence-corrected chi connectivity index (χ1v) is 5.56. The molecule has 0 aliphatic heterocycles. The molecule has 1 aromatic carbocycles. The van der Waals surface area contributed by atoms with Crippen molar-refractivity contribution in [3.63, 3.8) is 0 Å². The Hall–Kier alpha value is -0.980. The highest BCUT2D eigenvalue weighted by Crippen LogP contribution is 2.29. The van der Waals surface area contributed by atoms with E-state index in [0.717, 1.165) is 5.75 Å². The van der Waals surface area contributed by atoms with Gasteiger partial charge in [-0.15, -0.1) is 0 Å². The molecular formula is C13H18O. The van der Waals surface area contributed by atoms with Gasteiger partial charge >= 0.3 is 0 Å². The van der Waals surface area contributed by atoms with Gasteiger partial charge in [0.2, 0.25) is 0 Å². The molecule has 1 saturated carbocycles. The first kappa shape index (κ1) is 9.57. The molecule has 2 rings (SSSR count). The van der Waals surface area contributed by atoms with Crippen LogP contribution in [-0.4, -0.2) is 6.10 Å². The highest BCUT2D eigenvalue weighted by molar-refractivity contribution is 5.31. The molecular weight excluding hydrogens is 172 g/mol. The van der Waals surface area contributed by atoms with Crippen molar-refractivity contribution in [3.8, 4) is 5.75 Å². The highest BCUT2D eigenvalue weighted by Gasteiger charge is 2.23.